The van der Waals surface area contributed by atoms with Crippen molar-refractivity contribution >= 4 is 5.97 Å². The van der Waals surface area contributed by atoms with Gasteiger partial charge in [-0.05, 0) is 32.1 Å². The van der Waals surface area contributed by atoms with Crippen LogP contribution >= 0.6 is 0 Å². The van der Waals surface area contributed by atoms with Crippen molar-refractivity contribution in [3.8, 4) is 0 Å². The monoisotopic (exact) mass is 168 g/mol. The molecule has 12 heavy (non-hydrogen) atoms. The third kappa shape index (κ3) is 2.10. The smallest absolute Gasteiger partial charge is 0.331 e. The second-order valence-corrected chi connectivity index (χ2v) is 3.34. The number of carboxylic acids is 1. The molecule has 0 amide bonds. The van der Waals surface area contributed by atoms with Gasteiger partial charge in [0.15, 0.2) is 0 Å². The summed E-state index contributed by atoms with van der Waals surface area (Å²) in [6.45, 7) is 2.10. The molecule has 0 saturated heterocycles. The third-order valence-electron chi connectivity index (χ3n) is 2.39. The fraction of sp³-hybridized carbons (Fsp3) is 0.700. The van der Waals surface area contributed by atoms with Crippen LogP contribution in [-0.4, -0.2) is 11.1 Å². The largest absolute Gasteiger partial charge is 0.478 e. The molecular weight excluding hydrogens is 152 g/mol. The Morgan fingerprint density at radius 1 is 1.42 bits per heavy atom. The Hall–Kier alpha value is -0.790. The summed E-state index contributed by atoms with van der Waals surface area (Å²) in [5.74, 6) is -0.696. The Morgan fingerprint density at radius 3 is 2.67 bits per heavy atom. The molecule has 0 heterocycles. The van der Waals surface area contributed by atoms with E-state index in [1.807, 2.05) is 0 Å². The Morgan fingerprint density at radius 2 is 2.08 bits per heavy atom. The van der Waals surface area contributed by atoms with Crippen LogP contribution in [0.4, 0.5) is 0 Å². The van der Waals surface area contributed by atoms with Crippen LogP contribution in [0, 0.1) is 0 Å². The number of rotatable bonds is 3. The highest BCUT2D eigenvalue weighted by Gasteiger charge is 2.16. The van der Waals surface area contributed by atoms with E-state index in [0.717, 1.165) is 32.1 Å². The first-order chi connectivity index (χ1) is 5.75. The summed E-state index contributed by atoms with van der Waals surface area (Å²) in [5.41, 5.74) is 1.89. The average Bonchev–Trinajstić information content (AvgIpc) is 2.05. The molecule has 1 N–H and O–H groups in total. The van der Waals surface area contributed by atoms with Crippen molar-refractivity contribution in [1.29, 1.82) is 0 Å². The van der Waals surface area contributed by atoms with E-state index in [1.165, 1.54) is 12.0 Å². The molecule has 0 radical (unpaired) electrons. The van der Waals surface area contributed by atoms with E-state index in [9.17, 15) is 4.79 Å². The predicted molar refractivity (Wildman–Crippen MR) is 48.0 cm³/mol. The lowest BCUT2D eigenvalue weighted by Gasteiger charge is -2.16. The van der Waals surface area contributed by atoms with Crippen LogP contribution in [0.2, 0.25) is 0 Å². The van der Waals surface area contributed by atoms with Gasteiger partial charge in [-0.2, -0.15) is 0 Å². The van der Waals surface area contributed by atoms with Crippen molar-refractivity contribution in [2.24, 2.45) is 0 Å². The van der Waals surface area contributed by atoms with Crippen LogP contribution in [0.1, 0.15) is 45.4 Å². The first kappa shape index (κ1) is 9.30. The molecule has 0 bridgehead atoms. The summed E-state index contributed by atoms with van der Waals surface area (Å²) in [6.07, 6.45) is 6.05. The molecule has 0 aromatic carbocycles. The topological polar surface area (TPSA) is 37.3 Å². The van der Waals surface area contributed by atoms with E-state index in [1.54, 1.807) is 0 Å². The molecule has 2 heteroatoms. The molecule has 0 aliphatic heterocycles. The zero-order chi connectivity index (χ0) is 8.97. The molecule has 0 spiro atoms. The van der Waals surface area contributed by atoms with Gasteiger partial charge in [-0.1, -0.05) is 18.9 Å². The van der Waals surface area contributed by atoms with E-state index >= 15 is 0 Å². The predicted octanol–water partition coefficient (Wildman–Crippen LogP) is 2.74. The van der Waals surface area contributed by atoms with Gasteiger partial charge in [0, 0.05) is 5.57 Å². The van der Waals surface area contributed by atoms with Gasteiger partial charge in [-0.15, -0.1) is 0 Å². The number of carboxylic acid groups (broad SMARTS) is 1. The van der Waals surface area contributed by atoms with Gasteiger partial charge in [-0.25, -0.2) is 4.79 Å². The fourth-order valence-electron chi connectivity index (χ4n) is 1.80. The molecule has 1 aliphatic carbocycles. The van der Waals surface area contributed by atoms with Crippen molar-refractivity contribution < 1.29 is 9.90 Å². The fourth-order valence-corrected chi connectivity index (χ4v) is 1.80. The lowest BCUT2D eigenvalue weighted by Crippen LogP contribution is -2.08. The second-order valence-electron chi connectivity index (χ2n) is 3.34. The normalized spacial score (nSPS) is 18.1. The lowest BCUT2D eigenvalue weighted by molar-refractivity contribution is -0.133. The summed E-state index contributed by atoms with van der Waals surface area (Å²) in [5, 5.41) is 8.88. The summed E-state index contributed by atoms with van der Waals surface area (Å²) < 4.78 is 0. The van der Waals surface area contributed by atoms with Crippen molar-refractivity contribution in [2.75, 3.05) is 0 Å². The molecule has 2 nitrogen and oxygen atoms in total. The quantitative estimate of drug-likeness (QED) is 0.703. The molecule has 0 aromatic heterocycles. The average molecular weight is 168 g/mol. The SMILES string of the molecule is CCCC1=C(C(=O)O)CCCC1. The molecule has 0 fully saturated rings. The molecule has 1 aliphatic rings. The van der Waals surface area contributed by atoms with Gasteiger partial charge in [0.25, 0.3) is 0 Å². The maximum atomic E-state index is 10.8. The van der Waals surface area contributed by atoms with E-state index in [4.69, 9.17) is 5.11 Å². The first-order valence-corrected chi connectivity index (χ1v) is 4.70. The summed E-state index contributed by atoms with van der Waals surface area (Å²) in [4.78, 5) is 10.8. The highest BCUT2D eigenvalue weighted by atomic mass is 16.4. The van der Waals surface area contributed by atoms with Crippen molar-refractivity contribution in [3.05, 3.63) is 11.1 Å². The molecule has 0 aromatic rings. The molecular formula is C10H16O2. The Labute approximate surface area is 73.3 Å². The molecule has 0 unspecified atom stereocenters. The Balaban J connectivity index is 2.75. The van der Waals surface area contributed by atoms with E-state index in [0.29, 0.717) is 5.57 Å². The summed E-state index contributed by atoms with van der Waals surface area (Å²) in [6, 6.07) is 0. The Bertz CT molecular complexity index is 204. The minimum Gasteiger partial charge on any atom is -0.478 e. The molecule has 1 rings (SSSR count). The van der Waals surface area contributed by atoms with E-state index in [-0.39, 0.29) is 0 Å². The highest BCUT2D eigenvalue weighted by molar-refractivity contribution is 5.87. The van der Waals surface area contributed by atoms with Crippen molar-refractivity contribution in [2.45, 2.75) is 45.4 Å². The van der Waals surface area contributed by atoms with E-state index < -0.39 is 5.97 Å². The lowest BCUT2D eigenvalue weighted by atomic mass is 9.89. The zero-order valence-electron chi connectivity index (χ0n) is 7.60. The van der Waals surface area contributed by atoms with Gasteiger partial charge >= 0.3 is 5.97 Å². The number of aliphatic carboxylic acids is 1. The van der Waals surface area contributed by atoms with Crippen molar-refractivity contribution in [3.63, 3.8) is 0 Å². The van der Waals surface area contributed by atoms with Crippen LogP contribution in [0.25, 0.3) is 0 Å². The summed E-state index contributed by atoms with van der Waals surface area (Å²) in [7, 11) is 0. The van der Waals surface area contributed by atoms with Gasteiger partial charge < -0.3 is 5.11 Å². The summed E-state index contributed by atoms with van der Waals surface area (Å²) >= 11 is 0. The van der Waals surface area contributed by atoms with Crippen LogP contribution in [0.3, 0.4) is 0 Å². The molecule has 0 atom stereocenters. The number of carbonyl (C=O) groups is 1. The number of allylic oxidation sites excluding steroid dienone is 1. The van der Waals surface area contributed by atoms with Crippen molar-refractivity contribution in [1.82, 2.24) is 0 Å². The number of hydrogen-bond acceptors (Lipinski definition) is 1. The minimum atomic E-state index is -0.696. The van der Waals surface area contributed by atoms with Crippen LogP contribution in [-0.2, 0) is 4.79 Å². The second kappa shape index (κ2) is 4.29. The zero-order valence-corrected chi connectivity index (χ0v) is 7.60. The highest BCUT2D eigenvalue weighted by Crippen LogP contribution is 2.27. The maximum Gasteiger partial charge on any atom is 0.331 e. The van der Waals surface area contributed by atoms with Gasteiger partial charge in [0.1, 0.15) is 0 Å². The Kier molecular flexibility index (Phi) is 3.32. The molecule has 0 saturated carbocycles. The molecule has 68 valence electrons. The third-order valence-corrected chi connectivity index (χ3v) is 2.39. The van der Waals surface area contributed by atoms with E-state index in [2.05, 4.69) is 6.92 Å². The van der Waals surface area contributed by atoms with Gasteiger partial charge in [0.2, 0.25) is 0 Å². The number of hydrogen-bond donors (Lipinski definition) is 1. The first-order valence-electron chi connectivity index (χ1n) is 4.70. The van der Waals surface area contributed by atoms with Crippen LogP contribution in [0.15, 0.2) is 11.1 Å². The van der Waals surface area contributed by atoms with Crippen LogP contribution in [0.5, 0.6) is 0 Å². The standard InChI is InChI=1S/C10H16O2/c1-2-5-8-6-3-4-7-9(8)10(11)12/h2-7H2,1H3,(H,11,12). The van der Waals surface area contributed by atoms with Gasteiger partial charge in [0.05, 0.1) is 0 Å². The van der Waals surface area contributed by atoms with Gasteiger partial charge in [-0.3, -0.25) is 0 Å². The van der Waals surface area contributed by atoms with Crippen LogP contribution < -0.4 is 0 Å². The minimum absolute atomic E-state index is 0.696. The maximum absolute atomic E-state index is 10.8.